The summed E-state index contributed by atoms with van der Waals surface area (Å²) in [6, 6.07) is 13.7. The number of amides is 2. The summed E-state index contributed by atoms with van der Waals surface area (Å²) in [7, 11) is 0. The number of hydrogen-bond donors (Lipinski definition) is 3. The van der Waals surface area contributed by atoms with E-state index in [1.165, 1.54) is 0 Å². The molecule has 4 rings (SSSR count). The minimum Gasteiger partial charge on any atom is -0.356 e. The van der Waals surface area contributed by atoms with Crippen LogP contribution in [0, 0.1) is 0 Å². The number of benzene rings is 2. The molecular formula is C37H43N3O6. The van der Waals surface area contributed by atoms with Crippen LogP contribution in [0.25, 0.3) is 0 Å². The Labute approximate surface area is 270 Å². The van der Waals surface area contributed by atoms with Crippen LogP contribution in [0.2, 0.25) is 0 Å². The summed E-state index contributed by atoms with van der Waals surface area (Å²) in [5, 5.41) is 9.17. The highest BCUT2D eigenvalue weighted by Gasteiger charge is 2.30. The second-order valence-corrected chi connectivity index (χ2v) is 11.8. The molecule has 2 aliphatic carbocycles. The van der Waals surface area contributed by atoms with Crippen LogP contribution in [0.4, 0.5) is 0 Å². The predicted molar refractivity (Wildman–Crippen MR) is 176 cm³/mol. The molecule has 2 aromatic carbocycles. The predicted octanol–water partition coefficient (Wildman–Crippen LogP) is 5.11. The Balaban J connectivity index is 0.988. The standard InChI is InChI=1S/C37H43N3O6/c1-24-26(36(45)30-14-5-3-12-28(30)34(24)43)16-9-18-32(41)39-22-8-7-20-38-21-11-23-40-33(42)19-10-17-27-25(2)35(44)29-13-4-6-15-31(29)37(27)46/h3-6,12-15,38H,7-11,16-23H2,1-2H3,(H,39,41)(H,40,42). The summed E-state index contributed by atoms with van der Waals surface area (Å²) in [5.41, 5.74) is 3.74. The maximum atomic E-state index is 12.8. The van der Waals surface area contributed by atoms with Gasteiger partial charge in [-0.2, -0.15) is 0 Å². The van der Waals surface area contributed by atoms with E-state index in [2.05, 4.69) is 16.0 Å². The summed E-state index contributed by atoms with van der Waals surface area (Å²) < 4.78 is 0. The van der Waals surface area contributed by atoms with E-state index in [0.717, 1.165) is 32.4 Å². The zero-order valence-corrected chi connectivity index (χ0v) is 26.8. The summed E-state index contributed by atoms with van der Waals surface area (Å²) >= 11 is 0. The van der Waals surface area contributed by atoms with Crippen molar-refractivity contribution in [1.82, 2.24) is 16.0 Å². The lowest BCUT2D eigenvalue weighted by Gasteiger charge is -2.18. The van der Waals surface area contributed by atoms with Gasteiger partial charge in [-0.25, -0.2) is 0 Å². The molecule has 0 aromatic heterocycles. The Hall–Kier alpha value is -4.50. The van der Waals surface area contributed by atoms with Gasteiger partial charge in [-0.1, -0.05) is 48.5 Å². The van der Waals surface area contributed by atoms with Gasteiger partial charge in [-0.15, -0.1) is 0 Å². The van der Waals surface area contributed by atoms with Gasteiger partial charge in [0.2, 0.25) is 11.8 Å². The number of nitrogens with one attached hydrogen (secondary N) is 3. The van der Waals surface area contributed by atoms with Crippen molar-refractivity contribution in [1.29, 1.82) is 0 Å². The molecule has 46 heavy (non-hydrogen) atoms. The summed E-state index contributed by atoms with van der Waals surface area (Å²) in [5.74, 6) is -0.606. The van der Waals surface area contributed by atoms with Crippen LogP contribution in [0.3, 0.4) is 0 Å². The lowest BCUT2D eigenvalue weighted by Crippen LogP contribution is -2.28. The maximum absolute atomic E-state index is 12.8. The third-order valence-electron chi connectivity index (χ3n) is 8.58. The number of fused-ring (bicyclic) bond motifs is 2. The first-order chi connectivity index (χ1) is 22.2. The minimum atomic E-state index is -0.120. The van der Waals surface area contributed by atoms with Crippen molar-refractivity contribution in [3.63, 3.8) is 0 Å². The molecule has 9 nitrogen and oxygen atoms in total. The molecule has 0 atom stereocenters. The molecule has 0 fully saturated rings. The van der Waals surface area contributed by atoms with E-state index in [1.54, 1.807) is 62.4 Å². The molecule has 0 bridgehead atoms. The average Bonchev–Trinajstić information content (AvgIpc) is 3.06. The molecule has 9 heteroatoms. The molecule has 0 saturated heterocycles. The molecule has 0 spiro atoms. The molecule has 0 radical (unpaired) electrons. The first-order valence-corrected chi connectivity index (χ1v) is 16.2. The third kappa shape index (κ3) is 8.60. The number of carbonyl (C=O) groups excluding carboxylic acids is 6. The Morgan fingerprint density at radius 2 is 0.870 bits per heavy atom. The molecule has 2 aliphatic rings. The SMILES string of the molecule is CC1=C(CCCC(=O)NCCCCNCCCNC(=O)CCCC2=C(C)C(=O)c3ccccc3C2=O)C(=O)c2ccccc2C1=O. The van der Waals surface area contributed by atoms with Gasteiger partial charge in [0.05, 0.1) is 0 Å². The molecule has 2 aromatic rings. The lowest BCUT2D eigenvalue weighted by molar-refractivity contribution is -0.122. The molecule has 0 saturated carbocycles. The number of allylic oxidation sites excluding steroid dienone is 4. The molecule has 3 N–H and O–H groups in total. The van der Waals surface area contributed by atoms with Gasteiger partial charge >= 0.3 is 0 Å². The van der Waals surface area contributed by atoms with Gasteiger partial charge in [0, 0.05) is 70.5 Å². The summed E-state index contributed by atoms with van der Waals surface area (Å²) in [4.78, 5) is 75.3. The van der Waals surface area contributed by atoms with Crippen LogP contribution >= 0.6 is 0 Å². The van der Waals surface area contributed by atoms with E-state index in [0.29, 0.717) is 96.2 Å². The van der Waals surface area contributed by atoms with Crippen molar-refractivity contribution in [3.8, 4) is 0 Å². The average molecular weight is 626 g/mol. The van der Waals surface area contributed by atoms with E-state index >= 15 is 0 Å². The van der Waals surface area contributed by atoms with Crippen molar-refractivity contribution in [2.45, 2.75) is 71.6 Å². The third-order valence-corrected chi connectivity index (χ3v) is 8.58. The molecule has 0 aliphatic heterocycles. The number of hydrogen-bond acceptors (Lipinski definition) is 7. The van der Waals surface area contributed by atoms with Crippen molar-refractivity contribution in [2.75, 3.05) is 26.2 Å². The number of rotatable bonds is 17. The highest BCUT2D eigenvalue weighted by molar-refractivity contribution is 6.27. The first kappa shape index (κ1) is 34.4. The molecule has 2 amide bonds. The van der Waals surface area contributed by atoms with Crippen LogP contribution in [-0.2, 0) is 9.59 Å². The highest BCUT2D eigenvalue weighted by atomic mass is 16.2. The van der Waals surface area contributed by atoms with Gasteiger partial charge in [-0.3, -0.25) is 28.8 Å². The lowest BCUT2D eigenvalue weighted by atomic mass is 9.83. The van der Waals surface area contributed by atoms with E-state index in [1.807, 2.05) is 0 Å². The zero-order chi connectivity index (χ0) is 33.1. The van der Waals surface area contributed by atoms with Crippen LogP contribution < -0.4 is 16.0 Å². The summed E-state index contributed by atoms with van der Waals surface area (Å²) in [6.07, 6.45) is 4.92. The fourth-order valence-corrected chi connectivity index (χ4v) is 5.90. The van der Waals surface area contributed by atoms with Crippen molar-refractivity contribution < 1.29 is 28.8 Å². The quantitative estimate of drug-likeness (QED) is 0.208. The Bertz CT molecular complexity index is 1470. The molecule has 242 valence electrons. The highest BCUT2D eigenvalue weighted by Crippen LogP contribution is 2.30. The van der Waals surface area contributed by atoms with Crippen molar-refractivity contribution >= 4 is 34.9 Å². The second-order valence-electron chi connectivity index (χ2n) is 11.8. The smallest absolute Gasteiger partial charge is 0.220 e. The van der Waals surface area contributed by atoms with E-state index in [9.17, 15) is 28.8 Å². The van der Waals surface area contributed by atoms with Gasteiger partial charge in [0.1, 0.15) is 0 Å². The summed E-state index contributed by atoms with van der Waals surface area (Å²) in [6.45, 7) is 6.06. The largest absolute Gasteiger partial charge is 0.356 e. The van der Waals surface area contributed by atoms with E-state index in [4.69, 9.17) is 0 Å². The van der Waals surface area contributed by atoms with Crippen LogP contribution in [0.1, 0.15) is 113 Å². The number of carbonyl (C=O) groups is 6. The number of unbranched alkanes of at least 4 members (excludes halogenated alkanes) is 1. The fraction of sp³-hybridized carbons (Fsp3) is 0.405. The van der Waals surface area contributed by atoms with Gasteiger partial charge in [0.25, 0.3) is 0 Å². The zero-order valence-electron chi connectivity index (χ0n) is 26.8. The molecule has 0 unspecified atom stereocenters. The first-order valence-electron chi connectivity index (χ1n) is 16.2. The van der Waals surface area contributed by atoms with Crippen LogP contribution in [0.5, 0.6) is 0 Å². The number of ketones is 4. The van der Waals surface area contributed by atoms with Gasteiger partial charge in [0.15, 0.2) is 23.1 Å². The maximum Gasteiger partial charge on any atom is 0.220 e. The fourth-order valence-electron chi connectivity index (χ4n) is 5.90. The van der Waals surface area contributed by atoms with Gasteiger partial charge < -0.3 is 16.0 Å². The second kappa shape index (κ2) is 16.7. The normalized spacial score (nSPS) is 14.4. The van der Waals surface area contributed by atoms with Gasteiger partial charge in [-0.05, 0) is 71.9 Å². The Kier molecular flexibility index (Phi) is 12.5. The molecule has 0 heterocycles. The Morgan fingerprint density at radius 3 is 1.33 bits per heavy atom. The van der Waals surface area contributed by atoms with Crippen LogP contribution in [-0.4, -0.2) is 61.1 Å². The van der Waals surface area contributed by atoms with Crippen molar-refractivity contribution in [3.05, 3.63) is 93.1 Å². The topological polar surface area (TPSA) is 139 Å². The van der Waals surface area contributed by atoms with Crippen LogP contribution in [0.15, 0.2) is 70.8 Å². The molecular weight excluding hydrogens is 582 g/mol. The van der Waals surface area contributed by atoms with E-state index in [-0.39, 0.29) is 34.9 Å². The van der Waals surface area contributed by atoms with E-state index < -0.39 is 0 Å². The monoisotopic (exact) mass is 625 g/mol. The Morgan fingerprint density at radius 1 is 0.500 bits per heavy atom. The minimum absolute atomic E-state index is 0.0621. The number of Topliss-reactive ketones (excluding diaryl/α,β-unsaturated/α-hetero) is 4. The van der Waals surface area contributed by atoms with Crippen molar-refractivity contribution in [2.24, 2.45) is 0 Å².